The fourth-order valence-corrected chi connectivity index (χ4v) is 9.14. The Hall–Kier alpha value is -7.85. The number of hydrogen-bond donors (Lipinski definition) is 2. The van der Waals surface area contributed by atoms with Crippen LogP contribution in [0.25, 0.3) is 11.2 Å². The molecule has 0 spiro atoms. The zero-order valence-corrected chi connectivity index (χ0v) is 40.1. The second-order valence-electron chi connectivity index (χ2n) is 17.3. The van der Waals surface area contributed by atoms with Gasteiger partial charge in [-0.25, -0.2) is 9.37 Å². The Morgan fingerprint density at radius 3 is 1.52 bits per heavy atom. The van der Waals surface area contributed by atoms with Gasteiger partial charge in [0.2, 0.25) is 11.9 Å². The zero-order chi connectivity index (χ0) is 49.7. The molecule has 0 unspecified atom stereocenters. The molecular formula is C56H54FN5O9. The molecule has 0 radical (unpaired) electrons. The number of aromatic amines is 1. The molecule has 0 saturated carbocycles. The number of nitrogens with one attached hydrogen (secondary N) is 2. The fraction of sp³-hybridized carbons (Fsp3) is 0.250. The van der Waals surface area contributed by atoms with E-state index in [1.165, 1.54) is 10.9 Å². The Kier molecular flexibility index (Phi) is 14.0. The molecule has 1 aliphatic rings. The SMILES string of the molecule is COc1ccc(C(OC[C@H]2O[C@@H](n3cnc4c(=O)[nH]c(NC(=O)C(C)C)nc43)[C@H](F)[C@@H]2OC(c2ccccc2)(c2ccc(OC)cc2)c2ccc(OC)cc2)(c2ccccc2)c2ccc(OC)cc2)cc1. The van der Waals surface area contributed by atoms with Crippen LogP contribution in [0, 0.1) is 5.92 Å². The van der Waals surface area contributed by atoms with Gasteiger partial charge in [-0.2, -0.15) is 4.98 Å². The quantitative estimate of drug-likeness (QED) is 0.0790. The molecule has 0 aliphatic carbocycles. The largest absolute Gasteiger partial charge is 0.497 e. The first kappa shape index (κ1) is 48.2. The molecule has 4 atom stereocenters. The number of halogens is 1. The normalized spacial score (nSPS) is 17.0. The van der Waals surface area contributed by atoms with Crippen molar-refractivity contribution >= 4 is 23.0 Å². The predicted molar refractivity (Wildman–Crippen MR) is 266 cm³/mol. The highest BCUT2D eigenvalue weighted by atomic mass is 19.1. The zero-order valence-electron chi connectivity index (χ0n) is 40.1. The minimum atomic E-state index is -1.97. The molecule has 6 aromatic carbocycles. The highest BCUT2D eigenvalue weighted by Crippen LogP contribution is 2.48. The standard InChI is InChI=1S/C56H54FN5O9/c1-35(2)51(63)60-54-59-50-48(52(64)61-54)58-34-62(50)53-47(57)49(71-56(37-15-11-8-12-16-37,40-21-29-44(67-5)30-22-40)41-23-31-45(68-6)32-24-41)46(70-53)33-69-55(36-13-9-7-10-14-36,38-17-25-42(65-3)26-18-38)39-19-27-43(66-4)28-20-39/h7-32,34-35,46-47,49,53H,33H2,1-6H3,(H2,59,60,61,63,64)/t46-,47-,49-,53-/m1/s1. The summed E-state index contributed by atoms with van der Waals surface area (Å²) >= 11 is 0. The molecule has 3 heterocycles. The van der Waals surface area contributed by atoms with Gasteiger partial charge in [0, 0.05) is 5.92 Å². The molecule has 1 amide bonds. The van der Waals surface area contributed by atoms with E-state index >= 15 is 4.39 Å². The van der Waals surface area contributed by atoms with Crippen molar-refractivity contribution in [3.63, 3.8) is 0 Å². The number of methoxy groups -OCH3 is 4. The summed E-state index contributed by atoms with van der Waals surface area (Å²) in [5, 5.41) is 2.65. The number of rotatable bonds is 18. The van der Waals surface area contributed by atoms with E-state index in [2.05, 4.69) is 20.3 Å². The lowest BCUT2D eigenvalue weighted by atomic mass is 9.79. The van der Waals surface area contributed by atoms with Crippen LogP contribution < -0.4 is 29.8 Å². The average molecular weight is 960 g/mol. The van der Waals surface area contributed by atoms with Crippen LogP contribution in [0.4, 0.5) is 10.3 Å². The summed E-state index contributed by atoms with van der Waals surface area (Å²) in [7, 11) is 6.38. The number of benzene rings is 6. The molecule has 15 heteroatoms. The van der Waals surface area contributed by atoms with Crippen molar-refractivity contribution in [3.8, 4) is 23.0 Å². The first-order valence-electron chi connectivity index (χ1n) is 23.1. The van der Waals surface area contributed by atoms with Crippen molar-refractivity contribution in [1.29, 1.82) is 0 Å². The molecule has 2 N–H and O–H groups in total. The third kappa shape index (κ3) is 9.22. The lowest BCUT2D eigenvalue weighted by Gasteiger charge is -2.40. The van der Waals surface area contributed by atoms with E-state index in [1.54, 1.807) is 42.3 Å². The van der Waals surface area contributed by atoms with E-state index in [0.717, 1.165) is 16.7 Å². The van der Waals surface area contributed by atoms with Crippen molar-refractivity contribution in [2.75, 3.05) is 40.4 Å². The van der Waals surface area contributed by atoms with E-state index in [9.17, 15) is 9.59 Å². The average Bonchev–Trinajstić information content (AvgIpc) is 3.98. The van der Waals surface area contributed by atoms with E-state index in [0.29, 0.717) is 39.7 Å². The Balaban J connectivity index is 1.24. The van der Waals surface area contributed by atoms with E-state index in [4.69, 9.17) is 33.2 Å². The van der Waals surface area contributed by atoms with Gasteiger partial charge in [-0.15, -0.1) is 0 Å². The van der Waals surface area contributed by atoms with Gasteiger partial charge in [-0.1, -0.05) is 123 Å². The number of aromatic nitrogens is 4. The molecule has 71 heavy (non-hydrogen) atoms. The van der Waals surface area contributed by atoms with Gasteiger partial charge in [-0.3, -0.25) is 24.5 Å². The van der Waals surface area contributed by atoms with Crippen molar-refractivity contribution in [2.45, 2.75) is 49.7 Å². The van der Waals surface area contributed by atoms with Gasteiger partial charge in [0.25, 0.3) is 5.56 Å². The maximum absolute atomic E-state index is 18.6. The maximum Gasteiger partial charge on any atom is 0.280 e. The van der Waals surface area contributed by atoms with E-state index in [-0.39, 0.29) is 29.6 Å². The van der Waals surface area contributed by atoms with Gasteiger partial charge >= 0.3 is 0 Å². The topological polar surface area (TPSA) is 157 Å². The smallest absolute Gasteiger partial charge is 0.280 e. The highest BCUT2D eigenvalue weighted by Gasteiger charge is 2.54. The third-order valence-corrected chi connectivity index (χ3v) is 12.9. The second-order valence-corrected chi connectivity index (χ2v) is 17.3. The van der Waals surface area contributed by atoms with Crippen molar-refractivity contribution < 1.29 is 42.3 Å². The van der Waals surface area contributed by atoms with Gasteiger partial charge in [0.15, 0.2) is 23.6 Å². The minimum Gasteiger partial charge on any atom is -0.497 e. The Morgan fingerprint density at radius 2 is 1.08 bits per heavy atom. The first-order chi connectivity index (χ1) is 34.5. The first-order valence-corrected chi connectivity index (χ1v) is 23.1. The van der Waals surface area contributed by atoms with Gasteiger partial charge in [-0.05, 0) is 81.9 Å². The Labute approximate surface area is 410 Å². The predicted octanol–water partition coefficient (Wildman–Crippen LogP) is 9.37. The molecular weight excluding hydrogens is 906 g/mol. The number of alkyl halides is 1. The number of carbonyl (C=O) groups is 1. The summed E-state index contributed by atoms with van der Waals surface area (Å²) in [5.41, 5.74) is 0.688. The van der Waals surface area contributed by atoms with E-state index in [1.807, 2.05) is 158 Å². The molecule has 2 aromatic heterocycles. The van der Waals surface area contributed by atoms with Gasteiger partial charge in [0.1, 0.15) is 46.4 Å². The molecule has 9 rings (SSSR count). The second kappa shape index (κ2) is 20.6. The summed E-state index contributed by atoms with van der Waals surface area (Å²) in [4.78, 5) is 37.8. The summed E-state index contributed by atoms with van der Waals surface area (Å²) in [6.07, 6.45) is -4.73. The van der Waals surface area contributed by atoms with Crippen molar-refractivity contribution in [3.05, 3.63) is 208 Å². The number of fused-ring (bicyclic) bond motifs is 1. The number of carbonyl (C=O) groups excluding carboxylic acids is 1. The Morgan fingerprint density at radius 1 is 0.662 bits per heavy atom. The molecule has 1 saturated heterocycles. The van der Waals surface area contributed by atoms with Crippen molar-refractivity contribution in [2.24, 2.45) is 5.92 Å². The van der Waals surface area contributed by atoms with Gasteiger partial charge in [0.05, 0.1) is 41.4 Å². The third-order valence-electron chi connectivity index (χ3n) is 12.9. The van der Waals surface area contributed by atoms with E-state index < -0.39 is 47.3 Å². The number of nitrogens with zero attached hydrogens (tertiary/aromatic N) is 3. The number of ether oxygens (including phenoxy) is 7. The Bertz CT molecular complexity index is 3020. The fourth-order valence-electron chi connectivity index (χ4n) is 9.14. The van der Waals surface area contributed by atoms with Crippen LogP contribution in [0.5, 0.6) is 23.0 Å². The number of H-pyrrole nitrogens is 1. The number of amides is 1. The molecule has 8 aromatic rings. The molecule has 364 valence electrons. The van der Waals surface area contributed by atoms with Crippen LogP contribution in [0.1, 0.15) is 53.5 Å². The highest BCUT2D eigenvalue weighted by molar-refractivity contribution is 5.91. The number of anilines is 1. The summed E-state index contributed by atoms with van der Waals surface area (Å²) < 4.78 is 64.2. The molecule has 14 nitrogen and oxygen atoms in total. The lowest BCUT2D eigenvalue weighted by Crippen LogP contribution is -2.45. The summed E-state index contributed by atoms with van der Waals surface area (Å²) in [6.45, 7) is 3.17. The summed E-state index contributed by atoms with van der Waals surface area (Å²) in [6, 6.07) is 49.4. The van der Waals surface area contributed by atoms with Crippen LogP contribution in [0.15, 0.2) is 169 Å². The lowest BCUT2D eigenvalue weighted by molar-refractivity contribution is -0.128. The van der Waals surface area contributed by atoms with Crippen LogP contribution in [0.2, 0.25) is 0 Å². The van der Waals surface area contributed by atoms with Crippen LogP contribution in [-0.2, 0) is 30.2 Å². The summed E-state index contributed by atoms with van der Waals surface area (Å²) in [5.74, 6) is 1.57. The van der Waals surface area contributed by atoms with Crippen LogP contribution >= 0.6 is 0 Å². The molecule has 1 fully saturated rings. The molecule has 1 aliphatic heterocycles. The minimum absolute atomic E-state index is 0.0181. The van der Waals surface area contributed by atoms with Crippen molar-refractivity contribution in [1.82, 2.24) is 19.5 Å². The van der Waals surface area contributed by atoms with Gasteiger partial charge < -0.3 is 33.2 Å². The van der Waals surface area contributed by atoms with Crippen LogP contribution in [-0.4, -0.2) is 78.9 Å². The maximum atomic E-state index is 18.6. The number of imidazole rings is 1. The monoisotopic (exact) mass is 959 g/mol. The van der Waals surface area contributed by atoms with Crippen LogP contribution in [0.3, 0.4) is 0 Å². The molecule has 0 bridgehead atoms. The number of hydrogen-bond acceptors (Lipinski definition) is 11.